The number of ether oxygens (including phenoxy) is 2. The number of esters is 1. The fourth-order valence-corrected chi connectivity index (χ4v) is 1.37. The van der Waals surface area contributed by atoms with Gasteiger partial charge in [-0.05, 0) is 18.3 Å². The summed E-state index contributed by atoms with van der Waals surface area (Å²) in [6, 6.07) is 0. The molecule has 0 aromatic carbocycles. The Labute approximate surface area is 80.4 Å². The minimum atomic E-state index is -0.203. The Morgan fingerprint density at radius 1 is 1.23 bits per heavy atom. The summed E-state index contributed by atoms with van der Waals surface area (Å²) in [5.41, 5.74) is 0. The molecule has 0 fully saturated rings. The van der Waals surface area contributed by atoms with Gasteiger partial charge in [-0.2, -0.15) is 0 Å². The molecule has 0 bridgehead atoms. The molecule has 0 spiro atoms. The number of hydrogen-bond acceptors (Lipinski definition) is 3. The number of carbonyl (C=O) groups excluding carboxylic acids is 1. The molecule has 0 radical (unpaired) electrons. The summed E-state index contributed by atoms with van der Waals surface area (Å²) in [6.45, 7) is 6.93. The van der Waals surface area contributed by atoms with E-state index < -0.39 is 0 Å². The Morgan fingerprint density at radius 2 is 1.77 bits per heavy atom. The summed E-state index contributed by atoms with van der Waals surface area (Å²) < 4.78 is 9.93. The second kappa shape index (κ2) is 6.89. The zero-order valence-electron chi connectivity index (χ0n) is 9.00. The Morgan fingerprint density at radius 3 is 2.23 bits per heavy atom. The van der Waals surface area contributed by atoms with E-state index >= 15 is 0 Å². The van der Waals surface area contributed by atoms with Crippen molar-refractivity contribution in [3.8, 4) is 0 Å². The average Bonchev–Trinajstić information content (AvgIpc) is 2.01. The Balaban J connectivity index is 3.48. The molecule has 0 unspecified atom stereocenters. The third-order valence-electron chi connectivity index (χ3n) is 1.83. The van der Waals surface area contributed by atoms with E-state index in [1.807, 2.05) is 0 Å². The van der Waals surface area contributed by atoms with Crippen LogP contribution in [-0.4, -0.2) is 26.3 Å². The molecule has 0 saturated heterocycles. The number of hydrogen-bond donors (Lipinski definition) is 0. The number of rotatable bonds is 6. The van der Waals surface area contributed by atoms with Crippen molar-refractivity contribution < 1.29 is 14.3 Å². The first-order valence-corrected chi connectivity index (χ1v) is 4.68. The largest absolute Gasteiger partial charge is 0.466 e. The van der Waals surface area contributed by atoms with Crippen molar-refractivity contribution in [2.75, 3.05) is 20.3 Å². The van der Waals surface area contributed by atoms with Gasteiger partial charge in [0.15, 0.2) is 0 Å². The normalized spacial score (nSPS) is 15.1. The van der Waals surface area contributed by atoms with Crippen molar-refractivity contribution in [2.45, 2.75) is 27.2 Å². The predicted octanol–water partition coefficient (Wildman–Crippen LogP) is 1.86. The van der Waals surface area contributed by atoms with E-state index in [4.69, 9.17) is 9.47 Å². The van der Waals surface area contributed by atoms with Gasteiger partial charge in [0.2, 0.25) is 0 Å². The van der Waals surface area contributed by atoms with Crippen LogP contribution < -0.4 is 0 Å². The van der Waals surface area contributed by atoms with Crippen LogP contribution >= 0.6 is 0 Å². The van der Waals surface area contributed by atoms with Gasteiger partial charge < -0.3 is 9.47 Å². The second-order valence-electron chi connectivity index (χ2n) is 3.70. The van der Waals surface area contributed by atoms with Crippen molar-refractivity contribution in [1.82, 2.24) is 0 Å². The molecule has 0 rings (SSSR count). The van der Waals surface area contributed by atoms with Crippen LogP contribution in [0.2, 0.25) is 0 Å². The first-order chi connectivity index (χ1) is 6.06. The maximum Gasteiger partial charge on any atom is 0.302 e. The first-order valence-electron chi connectivity index (χ1n) is 4.68. The van der Waals surface area contributed by atoms with Crippen molar-refractivity contribution in [1.29, 1.82) is 0 Å². The first kappa shape index (κ1) is 12.4. The zero-order chi connectivity index (χ0) is 10.3. The van der Waals surface area contributed by atoms with Crippen LogP contribution in [0.15, 0.2) is 0 Å². The third-order valence-corrected chi connectivity index (χ3v) is 1.83. The fraction of sp³-hybridized carbons (Fsp3) is 0.900. The summed E-state index contributed by atoms with van der Waals surface area (Å²) in [5, 5.41) is 0. The number of carbonyl (C=O) groups is 1. The molecule has 0 saturated carbocycles. The molecule has 0 amide bonds. The van der Waals surface area contributed by atoms with E-state index in [0.717, 1.165) is 13.0 Å². The van der Waals surface area contributed by atoms with Gasteiger partial charge in [-0.25, -0.2) is 0 Å². The van der Waals surface area contributed by atoms with E-state index in [1.165, 1.54) is 6.92 Å². The van der Waals surface area contributed by atoms with Crippen LogP contribution in [0.4, 0.5) is 0 Å². The highest BCUT2D eigenvalue weighted by atomic mass is 16.5. The molecule has 0 aromatic heterocycles. The summed E-state index contributed by atoms with van der Waals surface area (Å²) in [4.78, 5) is 10.5. The quantitative estimate of drug-likeness (QED) is 0.597. The Bertz CT molecular complexity index is 145. The molecule has 3 nitrogen and oxygen atoms in total. The maximum absolute atomic E-state index is 10.5. The standard InChI is InChI=1S/C10H20O3/c1-8(6-12-4)5-9(2)7-13-10(3)11/h8-9H,5-7H2,1-4H3/t8-,9+/m1/s1. The molecule has 0 aliphatic carbocycles. The summed E-state index contributed by atoms with van der Waals surface area (Å²) >= 11 is 0. The van der Waals surface area contributed by atoms with E-state index in [9.17, 15) is 4.79 Å². The van der Waals surface area contributed by atoms with Gasteiger partial charge in [0.1, 0.15) is 0 Å². The van der Waals surface area contributed by atoms with Crippen molar-refractivity contribution in [2.24, 2.45) is 11.8 Å². The SMILES string of the molecule is COC[C@H](C)C[C@H](C)COC(C)=O. The number of methoxy groups -OCH3 is 1. The molecule has 3 heteroatoms. The summed E-state index contributed by atoms with van der Waals surface area (Å²) in [6.07, 6.45) is 1.03. The lowest BCUT2D eigenvalue weighted by Crippen LogP contribution is -2.14. The van der Waals surface area contributed by atoms with Crippen LogP contribution in [0.25, 0.3) is 0 Å². The summed E-state index contributed by atoms with van der Waals surface area (Å²) in [7, 11) is 1.70. The van der Waals surface area contributed by atoms with Crippen LogP contribution in [0.3, 0.4) is 0 Å². The van der Waals surface area contributed by atoms with E-state index in [2.05, 4.69) is 13.8 Å². The van der Waals surface area contributed by atoms with Gasteiger partial charge in [-0.15, -0.1) is 0 Å². The molecular formula is C10H20O3. The van der Waals surface area contributed by atoms with Gasteiger partial charge in [0, 0.05) is 20.6 Å². The highest BCUT2D eigenvalue weighted by molar-refractivity contribution is 5.65. The van der Waals surface area contributed by atoms with Crippen molar-refractivity contribution in [3.05, 3.63) is 0 Å². The lowest BCUT2D eigenvalue weighted by atomic mass is 9.99. The lowest BCUT2D eigenvalue weighted by molar-refractivity contribution is -0.142. The second-order valence-corrected chi connectivity index (χ2v) is 3.70. The van der Waals surface area contributed by atoms with Crippen molar-refractivity contribution in [3.63, 3.8) is 0 Å². The molecule has 78 valence electrons. The molecule has 0 N–H and O–H groups in total. The van der Waals surface area contributed by atoms with Crippen molar-refractivity contribution >= 4 is 5.97 Å². The van der Waals surface area contributed by atoms with E-state index in [0.29, 0.717) is 18.4 Å². The van der Waals surface area contributed by atoms with Crippen LogP contribution in [0.1, 0.15) is 27.2 Å². The maximum atomic E-state index is 10.5. The Kier molecular flexibility index (Phi) is 6.59. The topological polar surface area (TPSA) is 35.5 Å². The fourth-order valence-electron chi connectivity index (χ4n) is 1.37. The van der Waals surface area contributed by atoms with Crippen LogP contribution in [0, 0.1) is 11.8 Å². The molecule has 0 aromatic rings. The minimum Gasteiger partial charge on any atom is -0.466 e. The highest BCUT2D eigenvalue weighted by Crippen LogP contribution is 2.12. The molecule has 2 atom stereocenters. The zero-order valence-corrected chi connectivity index (χ0v) is 9.00. The monoisotopic (exact) mass is 188 g/mol. The smallest absolute Gasteiger partial charge is 0.302 e. The third kappa shape index (κ3) is 7.78. The van der Waals surface area contributed by atoms with Gasteiger partial charge in [-0.1, -0.05) is 13.8 Å². The molecular weight excluding hydrogens is 168 g/mol. The predicted molar refractivity (Wildman–Crippen MR) is 51.5 cm³/mol. The van der Waals surface area contributed by atoms with Gasteiger partial charge in [0.05, 0.1) is 6.61 Å². The molecule has 0 aliphatic heterocycles. The van der Waals surface area contributed by atoms with Gasteiger partial charge in [0.25, 0.3) is 0 Å². The van der Waals surface area contributed by atoms with E-state index in [1.54, 1.807) is 7.11 Å². The van der Waals surface area contributed by atoms with E-state index in [-0.39, 0.29) is 5.97 Å². The van der Waals surface area contributed by atoms with Crippen LogP contribution in [0.5, 0.6) is 0 Å². The van der Waals surface area contributed by atoms with Crippen LogP contribution in [-0.2, 0) is 14.3 Å². The highest BCUT2D eigenvalue weighted by Gasteiger charge is 2.09. The molecule has 13 heavy (non-hydrogen) atoms. The Hall–Kier alpha value is -0.570. The molecule has 0 aliphatic rings. The van der Waals surface area contributed by atoms with Gasteiger partial charge in [-0.3, -0.25) is 4.79 Å². The lowest BCUT2D eigenvalue weighted by Gasteiger charge is -2.15. The molecule has 0 heterocycles. The minimum absolute atomic E-state index is 0.203. The average molecular weight is 188 g/mol. The van der Waals surface area contributed by atoms with Gasteiger partial charge >= 0.3 is 5.97 Å². The summed E-state index contributed by atoms with van der Waals surface area (Å²) in [5.74, 6) is 0.732.